The van der Waals surface area contributed by atoms with Crippen LogP contribution in [0.25, 0.3) is 0 Å². The third-order valence-corrected chi connectivity index (χ3v) is 3.49. The lowest BCUT2D eigenvalue weighted by molar-refractivity contribution is -0.124. The maximum absolute atomic E-state index is 11.9. The highest BCUT2D eigenvalue weighted by Gasteiger charge is 2.24. The van der Waals surface area contributed by atoms with Gasteiger partial charge in [-0.15, -0.1) is 11.8 Å². The normalized spacial score (nSPS) is 19.6. The first-order valence-corrected chi connectivity index (χ1v) is 6.55. The molecule has 1 aliphatic rings. The van der Waals surface area contributed by atoms with Crippen LogP contribution in [0, 0.1) is 6.92 Å². The third kappa shape index (κ3) is 3.23. The predicted octanol–water partition coefficient (Wildman–Crippen LogP) is 1.17. The number of carbonyl (C=O) groups is 2. The second-order valence-electron chi connectivity index (χ2n) is 3.99. The summed E-state index contributed by atoms with van der Waals surface area (Å²) in [6.45, 7) is 1.97. The lowest BCUT2D eigenvalue weighted by Gasteiger charge is -2.22. The largest absolute Gasteiger partial charge is 0.343 e. The van der Waals surface area contributed by atoms with E-state index in [4.69, 9.17) is 0 Å². The monoisotopic (exact) mass is 250 g/mol. The van der Waals surface area contributed by atoms with Crippen molar-refractivity contribution in [1.82, 2.24) is 5.32 Å². The summed E-state index contributed by atoms with van der Waals surface area (Å²) < 4.78 is 0. The van der Waals surface area contributed by atoms with Gasteiger partial charge in [0, 0.05) is 11.4 Å². The van der Waals surface area contributed by atoms with Crippen LogP contribution in [0.1, 0.15) is 5.56 Å². The molecule has 0 aliphatic carbocycles. The highest BCUT2D eigenvalue weighted by Crippen LogP contribution is 2.13. The van der Waals surface area contributed by atoms with Gasteiger partial charge in [-0.2, -0.15) is 0 Å². The van der Waals surface area contributed by atoms with Crippen molar-refractivity contribution in [1.29, 1.82) is 0 Å². The summed E-state index contributed by atoms with van der Waals surface area (Å²) in [5.74, 6) is 0.833. The molecule has 1 aromatic carbocycles. The molecular weight excluding hydrogens is 236 g/mol. The van der Waals surface area contributed by atoms with Crippen LogP contribution in [-0.4, -0.2) is 29.4 Å². The Labute approximate surface area is 104 Å². The predicted molar refractivity (Wildman–Crippen MR) is 69.1 cm³/mol. The van der Waals surface area contributed by atoms with E-state index in [0.717, 1.165) is 11.3 Å². The first-order valence-electron chi connectivity index (χ1n) is 5.40. The molecule has 0 spiro atoms. The Morgan fingerprint density at radius 1 is 1.53 bits per heavy atom. The molecular formula is C12H14N2O2S. The molecule has 1 atom stereocenters. The van der Waals surface area contributed by atoms with E-state index >= 15 is 0 Å². The number of anilines is 1. The van der Waals surface area contributed by atoms with Crippen LogP contribution in [0.2, 0.25) is 0 Å². The number of hydrogen-bond acceptors (Lipinski definition) is 3. The molecule has 1 fully saturated rings. The molecule has 2 rings (SSSR count). The summed E-state index contributed by atoms with van der Waals surface area (Å²) in [6, 6.07) is 7.16. The van der Waals surface area contributed by atoms with Gasteiger partial charge >= 0.3 is 0 Å². The van der Waals surface area contributed by atoms with Gasteiger partial charge in [0.25, 0.3) is 0 Å². The molecule has 2 N–H and O–H groups in total. The van der Waals surface area contributed by atoms with Gasteiger partial charge in [-0.25, -0.2) is 0 Å². The van der Waals surface area contributed by atoms with E-state index in [1.165, 1.54) is 11.8 Å². The molecule has 1 aromatic rings. The average molecular weight is 250 g/mol. The molecule has 0 radical (unpaired) electrons. The SMILES string of the molecule is Cc1cccc(NC(=O)C2CSCC(=O)N2)c1. The van der Waals surface area contributed by atoms with Gasteiger partial charge in [-0.1, -0.05) is 12.1 Å². The zero-order valence-electron chi connectivity index (χ0n) is 9.53. The van der Waals surface area contributed by atoms with Gasteiger partial charge < -0.3 is 10.6 Å². The van der Waals surface area contributed by atoms with E-state index in [1.807, 2.05) is 31.2 Å². The summed E-state index contributed by atoms with van der Waals surface area (Å²) in [5.41, 5.74) is 1.85. The minimum absolute atomic E-state index is 0.0781. The van der Waals surface area contributed by atoms with Gasteiger partial charge in [0.05, 0.1) is 5.75 Å². The van der Waals surface area contributed by atoms with Crippen LogP contribution in [-0.2, 0) is 9.59 Å². The molecule has 17 heavy (non-hydrogen) atoms. The Morgan fingerprint density at radius 3 is 3.06 bits per heavy atom. The second kappa shape index (κ2) is 5.23. The fourth-order valence-electron chi connectivity index (χ4n) is 1.64. The van der Waals surface area contributed by atoms with Crippen molar-refractivity contribution in [3.63, 3.8) is 0 Å². The zero-order valence-corrected chi connectivity index (χ0v) is 10.3. The van der Waals surface area contributed by atoms with Crippen molar-refractivity contribution in [2.45, 2.75) is 13.0 Å². The highest BCUT2D eigenvalue weighted by molar-refractivity contribution is 8.00. The Bertz CT molecular complexity index is 448. The first-order chi connectivity index (χ1) is 8.15. The molecule has 0 aromatic heterocycles. The number of rotatable bonds is 2. The summed E-state index contributed by atoms with van der Waals surface area (Å²) in [5, 5.41) is 5.49. The van der Waals surface area contributed by atoms with E-state index in [0.29, 0.717) is 11.5 Å². The summed E-state index contributed by atoms with van der Waals surface area (Å²) in [7, 11) is 0. The van der Waals surface area contributed by atoms with Crippen molar-refractivity contribution in [2.24, 2.45) is 0 Å². The first kappa shape index (κ1) is 12.0. The van der Waals surface area contributed by atoms with E-state index in [9.17, 15) is 9.59 Å². The van der Waals surface area contributed by atoms with E-state index < -0.39 is 6.04 Å². The maximum atomic E-state index is 11.9. The quantitative estimate of drug-likeness (QED) is 0.828. The number of nitrogens with one attached hydrogen (secondary N) is 2. The molecule has 1 heterocycles. The van der Waals surface area contributed by atoms with Crippen LogP contribution < -0.4 is 10.6 Å². The molecule has 0 saturated carbocycles. The average Bonchev–Trinajstić information content (AvgIpc) is 2.29. The number of aryl methyl sites for hydroxylation is 1. The van der Waals surface area contributed by atoms with Crippen molar-refractivity contribution < 1.29 is 9.59 Å². The zero-order chi connectivity index (χ0) is 12.3. The van der Waals surface area contributed by atoms with Gasteiger partial charge in [0.2, 0.25) is 11.8 Å². The minimum atomic E-state index is -0.429. The van der Waals surface area contributed by atoms with E-state index in [2.05, 4.69) is 10.6 Å². The Hall–Kier alpha value is -1.49. The van der Waals surface area contributed by atoms with E-state index in [-0.39, 0.29) is 11.8 Å². The van der Waals surface area contributed by atoms with Crippen molar-refractivity contribution in [3.8, 4) is 0 Å². The molecule has 2 amide bonds. The standard InChI is InChI=1S/C12H14N2O2S/c1-8-3-2-4-9(5-8)13-12(16)10-6-17-7-11(15)14-10/h2-5,10H,6-7H2,1H3,(H,13,16)(H,14,15). The van der Waals surface area contributed by atoms with Crippen molar-refractivity contribution in [2.75, 3.05) is 16.8 Å². The van der Waals surface area contributed by atoms with Crippen LogP contribution in [0.5, 0.6) is 0 Å². The fourth-order valence-corrected chi connectivity index (χ4v) is 2.50. The summed E-state index contributed by atoms with van der Waals surface area (Å²) >= 11 is 1.48. The third-order valence-electron chi connectivity index (χ3n) is 2.45. The second-order valence-corrected chi connectivity index (χ2v) is 5.02. The van der Waals surface area contributed by atoms with Gasteiger partial charge in [-0.3, -0.25) is 9.59 Å². The Balaban J connectivity index is 1.99. The summed E-state index contributed by atoms with van der Waals surface area (Å²) in [4.78, 5) is 23.1. The maximum Gasteiger partial charge on any atom is 0.247 e. The van der Waals surface area contributed by atoms with Crippen LogP contribution in [0.4, 0.5) is 5.69 Å². The van der Waals surface area contributed by atoms with Crippen molar-refractivity contribution in [3.05, 3.63) is 29.8 Å². The van der Waals surface area contributed by atoms with Crippen LogP contribution in [0.15, 0.2) is 24.3 Å². The van der Waals surface area contributed by atoms with Crippen molar-refractivity contribution >= 4 is 29.3 Å². The number of hydrogen-bond donors (Lipinski definition) is 2. The molecule has 1 unspecified atom stereocenters. The summed E-state index contributed by atoms with van der Waals surface area (Å²) in [6.07, 6.45) is 0. The lowest BCUT2D eigenvalue weighted by Crippen LogP contribution is -2.49. The van der Waals surface area contributed by atoms with Gasteiger partial charge in [0.1, 0.15) is 6.04 Å². The number of carbonyl (C=O) groups excluding carboxylic acids is 2. The molecule has 0 bridgehead atoms. The Kier molecular flexibility index (Phi) is 3.68. The minimum Gasteiger partial charge on any atom is -0.343 e. The number of thioether (sulfide) groups is 1. The molecule has 5 heteroatoms. The fraction of sp³-hybridized carbons (Fsp3) is 0.333. The number of amides is 2. The number of benzene rings is 1. The van der Waals surface area contributed by atoms with Gasteiger partial charge in [-0.05, 0) is 24.6 Å². The molecule has 4 nitrogen and oxygen atoms in total. The smallest absolute Gasteiger partial charge is 0.247 e. The van der Waals surface area contributed by atoms with E-state index in [1.54, 1.807) is 0 Å². The molecule has 1 aliphatic heterocycles. The van der Waals surface area contributed by atoms with Crippen LogP contribution >= 0.6 is 11.8 Å². The lowest BCUT2D eigenvalue weighted by atomic mass is 10.2. The van der Waals surface area contributed by atoms with Crippen LogP contribution in [0.3, 0.4) is 0 Å². The Morgan fingerprint density at radius 2 is 2.35 bits per heavy atom. The van der Waals surface area contributed by atoms with Gasteiger partial charge in [0.15, 0.2) is 0 Å². The topological polar surface area (TPSA) is 58.2 Å². The highest BCUT2D eigenvalue weighted by atomic mass is 32.2. The molecule has 1 saturated heterocycles. The molecule has 90 valence electrons.